The Balaban J connectivity index is 4.70. The van der Waals surface area contributed by atoms with E-state index in [4.69, 9.17) is 0 Å². The Labute approximate surface area is 99.7 Å². The van der Waals surface area contributed by atoms with E-state index < -0.39 is 17.7 Å². The molecule has 0 aromatic rings. The monoisotopic (exact) mass is 255 g/mol. The lowest BCUT2D eigenvalue weighted by molar-refractivity contribution is -0.208. The molecule has 0 aliphatic carbocycles. The highest BCUT2D eigenvalue weighted by molar-refractivity contribution is 5.81. The maximum absolute atomic E-state index is 12.8. The number of halogens is 3. The van der Waals surface area contributed by atoms with Crippen LogP contribution in [0.25, 0.3) is 0 Å². The fourth-order valence-corrected chi connectivity index (χ4v) is 1.18. The predicted molar refractivity (Wildman–Crippen MR) is 58.6 cm³/mol. The molecule has 0 saturated carbocycles. The largest absolute Gasteiger partial charge is 0.467 e. The smallest absolute Gasteiger partial charge is 0.417 e. The maximum atomic E-state index is 12.8. The Morgan fingerprint density at radius 2 is 1.65 bits per heavy atom. The molecule has 1 atom stereocenters. The van der Waals surface area contributed by atoms with Crippen LogP contribution in [0.4, 0.5) is 13.2 Å². The van der Waals surface area contributed by atoms with Gasteiger partial charge in [0.2, 0.25) is 5.54 Å². The molecule has 1 unspecified atom stereocenters. The van der Waals surface area contributed by atoms with Crippen molar-refractivity contribution in [3.8, 4) is 0 Å². The van der Waals surface area contributed by atoms with Crippen molar-refractivity contribution in [2.75, 3.05) is 13.7 Å². The summed E-state index contributed by atoms with van der Waals surface area (Å²) >= 11 is 0. The molecular formula is C11H20F3NO2. The summed E-state index contributed by atoms with van der Waals surface area (Å²) in [6.45, 7) is 6.63. The number of carbonyl (C=O) groups excluding carboxylic acids is 1. The van der Waals surface area contributed by atoms with Crippen LogP contribution in [0.5, 0.6) is 0 Å². The van der Waals surface area contributed by atoms with E-state index in [2.05, 4.69) is 10.1 Å². The summed E-state index contributed by atoms with van der Waals surface area (Å²) in [6, 6.07) is 0. The van der Waals surface area contributed by atoms with E-state index in [-0.39, 0.29) is 12.0 Å². The Hall–Kier alpha value is -0.780. The third kappa shape index (κ3) is 4.53. The molecule has 3 nitrogen and oxygen atoms in total. The van der Waals surface area contributed by atoms with Gasteiger partial charge in [-0.05, 0) is 25.3 Å². The molecule has 0 spiro atoms. The van der Waals surface area contributed by atoms with Crippen LogP contribution in [0, 0.1) is 5.41 Å². The summed E-state index contributed by atoms with van der Waals surface area (Å²) in [5.41, 5.74) is -2.75. The maximum Gasteiger partial charge on any atom is 0.417 e. The summed E-state index contributed by atoms with van der Waals surface area (Å²) in [4.78, 5) is 11.2. The highest BCUT2D eigenvalue weighted by Crippen LogP contribution is 2.31. The molecule has 17 heavy (non-hydrogen) atoms. The number of methoxy groups -OCH3 is 1. The topological polar surface area (TPSA) is 38.3 Å². The first-order chi connectivity index (χ1) is 7.44. The van der Waals surface area contributed by atoms with Crippen molar-refractivity contribution in [3.63, 3.8) is 0 Å². The average Bonchev–Trinajstić information content (AvgIpc) is 2.12. The first kappa shape index (κ1) is 16.2. The minimum Gasteiger partial charge on any atom is -0.467 e. The molecule has 0 saturated heterocycles. The highest BCUT2D eigenvalue weighted by atomic mass is 19.4. The van der Waals surface area contributed by atoms with Gasteiger partial charge in [-0.25, -0.2) is 4.79 Å². The van der Waals surface area contributed by atoms with Crippen molar-refractivity contribution in [2.45, 2.75) is 45.8 Å². The standard InChI is InChI=1S/C11H20F3NO2/c1-9(2,3)6-7-15-10(4,8(16)17-5)11(12,13)14/h15H,6-7H2,1-5H3. The zero-order chi connectivity index (χ0) is 13.9. The van der Waals surface area contributed by atoms with Crippen molar-refractivity contribution in [2.24, 2.45) is 5.41 Å². The van der Waals surface area contributed by atoms with Crippen LogP contribution >= 0.6 is 0 Å². The number of ether oxygens (including phenoxy) is 1. The molecule has 102 valence electrons. The van der Waals surface area contributed by atoms with Crippen molar-refractivity contribution >= 4 is 5.97 Å². The third-order valence-corrected chi connectivity index (χ3v) is 2.51. The number of alkyl halides is 3. The van der Waals surface area contributed by atoms with Gasteiger partial charge in [0.1, 0.15) is 0 Å². The fourth-order valence-electron chi connectivity index (χ4n) is 1.18. The molecule has 0 aliphatic rings. The van der Waals surface area contributed by atoms with Crippen LogP contribution < -0.4 is 5.32 Å². The Morgan fingerprint density at radius 1 is 1.18 bits per heavy atom. The summed E-state index contributed by atoms with van der Waals surface area (Å²) in [5.74, 6) is -1.32. The van der Waals surface area contributed by atoms with Gasteiger partial charge in [-0.15, -0.1) is 0 Å². The lowest BCUT2D eigenvalue weighted by Crippen LogP contribution is -2.61. The van der Waals surface area contributed by atoms with Gasteiger partial charge in [-0.1, -0.05) is 20.8 Å². The Morgan fingerprint density at radius 3 is 1.94 bits per heavy atom. The number of hydrogen-bond acceptors (Lipinski definition) is 3. The molecular weight excluding hydrogens is 235 g/mol. The highest BCUT2D eigenvalue weighted by Gasteiger charge is 2.57. The van der Waals surface area contributed by atoms with Crippen LogP contribution in [0.1, 0.15) is 34.1 Å². The molecule has 0 rings (SSSR count). The van der Waals surface area contributed by atoms with Gasteiger partial charge in [-0.3, -0.25) is 5.32 Å². The van der Waals surface area contributed by atoms with E-state index in [1.54, 1.807) is 0 Å². The minimum absolute atomic E-state index is 0.0919. The first-order valence-electron chi connectivity index (χ1n) is 5.34. The third-order valence-electron chi connectivity index (χ3n) is 2.51. The number of nitrogens with one attached hydrogen (secondary N) is 1. The Bertz CT molecular complexity index is 271. The number of rotatable bonds is 4. The molecule has 0 bridgehead atoms. The van der Waals surface area contributed by atoms with E-state index in [9.17, 15) is 18.0 Å². The SMILES string of the molecule is COC(=O)C(C)(NCCC(C)(C)C)C(F)(F)F. The van der Waals surface area contributed by atoms with Gasteiger partial charge in [0, 0.05) is 0 Å². The van der Waals surface area contributed by atoms with Gasteiger partial charge >= 0.3 is 12.1 Å². The van der Waals surface area contributed by atoms with E-state index in [1.165, 1.54) is 0 Å². The summed E-state index contributed by atoms with van der Waals surface area (Å²) in [5, 5.41) is 2.24. The molecule has 6 heteroatoms. The number of hydrogen-bond donors (Lipinski definition) is 1. The van der Waals surface area contributed by atoms with Crippen LogP contribution in [-0.2, 0) is 9.53 Å². The normalized spacial score (nSPS) is 16.5. The molecule has 0 aliphatic heterocycles. The summed E-state index contributed by atoms with van der Waals surface area (Å²) < 4.78 is 42.6. The van der Waals surface area contributed by atoms with Crippen molar-refractivity contribution in [1.29, 1.82) is 0 Å². The first-order valence-corrected chi connectivity index (χ1v) is 5.34. The van der Waals surface area contributed by atoms with E-state index >= 15 is 0 Å². The predicted octanol–water partition coefficient (Wildman–Crippen LogP) is 2.51. The van der Waals surface area contributed by atoms with E-state index in [0.717, 1.165) is 14.0 Å². The zero-order valence-corrected chi connectivity index (χ0v) is 10.9. The van der Waals surface area contributed by atoms with Crippen LogP contribution in [0.15, 0.2) is 0 Å². The van der Waals surface area contributed by atoms with Gasteiger partial charge < -0.3 is 4.74 Å². The fraction of sp³-hybridized carbons (Fsp3) is 0.909. The number of carbonyl (C=O) groups is 1. The van der Waals surface area contributed by atoms with Gasteiger partial charge in [0.15, 0.2) is 0 Å². The second-order valence-electron chi connectivity index (χ2n) is 5.35. The molecule has 0 aromatic carbocycles. The Kier molecular flexibility index (Phi) is 5.01. The van der Waals surface area contributed by atoms with Crippen LogP contribution in [0.3, 0.4) is 0 Å². The van der Waals surface area contributed by atoms with Gasteiger partial charge in [0.05, 0.1) is 7.11 Å². The lowest BCUT2D eigenvalue weighted by atomic mass is 9.91. The molecule has 0 radical (unpaired) electrons. The lowest BCUT2D eigenvalue weighted by Gasteiger charge is -2.31. The second kappa shape index (κ2) is 5.25. The van der Waals surface area contributed by atoms with Crippen LogP contribution in [0.2, 0.25) is 0 Å². The molecule has 0 aromatic heterocycles. The van der Waals surface area contributed by atoms with Crippen molar-refractivity contribution in [1.82, 2.24) is 5.32 Å². The summed E-state index contributed by atoms with van der Waals surface area (Å²) in [7, 11) is 0.942. The molecule has 0 heterocycles. The molecule has 0 fully saturated rings. The second-order valence-corrected chi connectivity index (χ2v) is 5.35. The summed E-state index contributed by atoms with van der Waals surface area (Å²) in [6.07, 6.45) is -4.16. The van der Waals surface area contributed by atoms with E-state index in [0.29, 0.717) is 6.42 Å². The van der Waals surface area contributed by atoms with Crippen molar-refractivity contribution < 1.29 is 22.7 Å². The van der Waals surface area contributed by atoms with Crippen molar-refractivity contribution in [3.05, 3.63) is 0 Å². The minimum atomic E-state index is -4.68. The number of esters is 1. The molecule has 0 amide bonds. The van der Waals surface area contributed by atoms with Gasteiger partial charge in [0.25, 0.3) is 0 Å². The van der Waals surface area contributed by atoms with Gasteiger partial charge in [-0.2, -0.15) is 13.2 Å². The van der Waals surface area contributed by atoms with Crippen LogP contribution in [-0.4, -0.2) is 31.3 Å². The quantitative estimate of drug-likeness (QED) is 0.784. The zero-order valence-electron chi connectivity index (χ0n) is 10.9. The van der Waals surface area contributed by atoms with E-state index in [1.807, 2.05) is 20.8 Å². The average molecular weight is 255 g/mol. The molecule has 1 N–H and O–H groups in total.